The first-order chi connectivity index (χ1) is 14.5. The Morgan fingerprint density at radius 3 is 2.39 bits per heavy atom. The molecule has 1 aromatic heterocycles. The van der Waals surface area contributed by atoms with E-state index in [-0.39, 0.29) is 39.4 Å². The van der Waals surface area contributed by atoms with Gasteiger partial charge in [-0.25, -0.2) is 8.42 Å². The van der Waals surface area contributed by atoms with E-state index in [1.807, 2.05) is 50.7 Å². The van der Waals surface area contributed by atoms with Crippen LogP contribution in [0.15, 0.2) is 41.4 Å². The van der Waals surface area contributed by atoms with E-state index in [0.717, 1.165) is 5.69 Å². The molecular formula is C22H31Cl2N3O3S. The van der Waals surface area contributed by atoms with Crippen molar-refractivity contribution in [3.8, 4) is 0 Å². The third-order valence-electron chi connectivity index (χ3n) is 5.20. The number of aromatic nitrogens is 1. The van der Waals surface area contributed by atoms with E-state index in [9.17, 15) is 13.2 Å². The summed E-state index contributed by atoms with van der Waals surface area (Å²) in [7, 11) is -2.11. The average Bonchev–Trinajstić information content (AvgIpc) is 3.10. The van der Waals surface area contributed by atoms with Crippen molar-refractivity contribution in [2.24, 2.45) is 13.0 Å². The number of halogens is 2. The van der Waals surface area contributed by atoms with Gasteiger partial charge >= 0.3 is 0 Å². The molecule has 0 N–H and O–H groups in total. The Labute approximate surface area is 195 Å². The minimum atomic E-state index is -4.03. The number of carbonyl (C=O) groups is 1. The zero-order valence-electron chi connectivity index (χ0n) is 18.7. The largest absolute Gasteiger partial charge is 0.353 e. The number of hydrogen-bond acceptors (Lipinski definition) is 3. The quantitative estimate of drug-likeness (QED) is 0.483. The fraction of sp³-hybridized carbons (Fsp3) is 0.500. The van der Waals surface area contributed by atoms with Crippen LogP contribution in [0.3, 0.4) is 0 Å². The molecule has 9 heteroatoms. The van der Waals surface area contributed by atoms with E-state index in [4.69, 9.17) is 23.2 Å². The summed E-state index contributed by atoms with van der Waals surface area (Å²) in [5, 5.41) is 0.344. The molecule has 0 radical (unpaired) electrons. The highest BCUT2D eigenvalue weighted by Crippen LogP contribution is 2.29. The first-order valence-corrected chi connectivity index (χ1v) is 12.5. The molecule has 2 aromatic rings. The maximum Gasteiger partial charge on any atom is 0.245 e. The molecule has 31 heavy (non-hydrogen) atoms. The second-order valence-corrected chi connectivity index (χ2v) is 10.9. The van der Waals surface area contributed by atoms with E-state index in [0.29, 0.717) is 19.5 Å². The summed E-state index contributed by atoms with van der Waals surface area (Å²) in [6.45, 7) is 8.39. The SMILES string of the molecule is CCC(C)N(CC(=O)N(Cc1cccn1C)CC(C)C)S(=O)(=O)c1cc(Cl)ccc1Cl. The summed E-state index contributed by atoms with van der Waals surface area (Å²) in [5.74, 6) is -0.0165. The lowest BCUT2D eigenvalue weighted by molar-refractivity contribution is -0.133. The summed E-state index contributed by atoms with van der Waals surface area (Å²) in [5.41, 5.74) is 0.977. The highest BCUT2D eigenvalue weighted by atomic mass is 35.5. The number of benzene rings is 1. The van der Waals surface area contributed by atoms with Gasteiger partial charge in [-0.2, -0.15) is 4.31 Å². The monoisotopic (exact) mass is 487 g/mol. The van der Waals surface area contributed by atoms with Crippen molar-refractivity contribution >= 4 is 39.1 Å². The van der Waals surface area contributed by atoms with Crippen LogP contribution in [-0.4, -0.2) is 47.2 Å². The molecule has 1 unspecified atom stereocenters. The number of nitrogens with zero attached hydrogens (tertiary/aromatic N) is 3. The Kier molecular flexibility index (Phi) is 9.01. The molecular weight excluding hydrogens is 457 g/mol. The van der Waals surface area contributed by atoms with E-state index in [1.165, 1.54) is 22.5 Å². The molecule has 0 spiro atoms. The molecule has 0 fully saturated rings. The zero-order valence-corrected chi connectivity index (χ0v) is 21.0. The van der Waals surface area contributed by atoms with Crippen molar-refractivity contribution in [1.29, 1.82) is 0 Å². The lowest BCUT2D eigenvalue weighted by Crippen LogP contribution is -2.47. The molecule has 0 saturated heterocycles. The maximum atomic E-state index is 13.5. The molecule has 1 aromatic carbocycles. The van der Waals surface area contributed by atoms with Crippen molar-refractivity contribution < 1.29 is 13.2 Å². The number of sulfonamides is 1. The highest BCUT2D eigenvalue weighted by molar-refractivity contribution is 7.89. The fourth-order valence-electron chi connectivity index (χ4n) is 3.27. The van der Waals surface area contributed by atoms with Crippen LogP contribution in [0.1, 0.15) is 39.8 Å². The highest BCUT2D eigenvalue weighted by Gasteiger charge is 2.33. The Morgan fingerprint density at radius 1 is 1.16 bits per heavy atom. The molecule has 0 saturated carbocycles. The summed E-state index contributed by atoms with van der Waals surface area (Å²) >= 11 is 12.2. The molecule has 0 aliphatic rings. The Morgan fingerprint density at radius 2 is 1.84 bits per heavy atom. The minimum absolute atomic E-state index is 0.0769. The lowest BCUT2D eigenvalue weighted by atomic mass is 10.2. The van der Waals surface area contributed by atoms with Crippen LogP contribution >= 0.6 is 23.2 Å². The van der Waals surface area contributed by atoms with Gasteiger partial charge in [0, 0.05) is 36.5 Å². The van der Waals surface area contributed by atoms with Gasteiger partial charge in [-0.1, -0.05) is 44.0 Å². The van der Waals surface area contributed by atoms with Crippen LogP contribution in [-0.2, 0) is 28.4 Å². The topological polar surface area (TPSA) is 62.6 Å². The number of carbonyl (C=O) groups excluding carboxylic acids is 1. The van der Waals surface area contributed by atoms with Gasteiger partial charge in [-0.05, 0) is 49.6 Å². The molecule has 172 valence electrons. The van der Waals surface area contributed by atoms with Gasteiger partial charge in [-0.15, -0.1) is 0 Å². The smallest absolute Gasteiger partial charge is 0.245 e. The number of amides is 1. The summed E-state index contributed by atoms with van der Waals surface area (Å²) in [6.07, 6.45) is 2.47. The average molecular weight is 488 g/mol. The van der Waals surface area contributed by atoms with Crippen LogP contribution in [0.2, 0.25) is 10.0 Å². The summed E-state index contributed by atoms with van der Waals surface area (Å²) in [6, 6.07) is 7.80. The molecule has 0 aliphatic heterocycles. The third kappa shape index (κ3) is 6.48. The van der Waals surface area contributed by atoms with Crippen molar-refractivity contribution in [2.45, 2.75) is 51.6 Å². The van der Waals surface area contributed by atoms with Crippen molar-refractivity contribution in [3.05, 3.63) is 52.3 Å². The van der Waals surface area contributed by atoms with E-state index in [1.54, 1.807) is 11.8 Å². The summed E-state index contributed by atoms with van der Waals surface area (Å²) in [4.78, 5) is 15.0. The van der Waals surface area contributed by atoms with Gasteiger partial charge in [0.15, 0.2) is 0 Å². The predicted molar refractivity (Wildman–Crippen MR) is 126 cm³/mol. The molecule has 1 atom stereocenters. The molecule has 0 bridgehead atoms. The van der Waals surface area contributed by atoms with Crippen LogP contribution < -0.4 is 0 Å². The first kappa shape index (κ1) is 25.7. The Bertz CT molecular complexity index is 1010. The molecule has 0 aliphatic carbocycles. The molecule has 6 nitrogen and oxygen atoms in total. The van der Waals surface area contributed by atoms with Gasteiger partial charge in [0.1, 0.15) is 4.90 Å². The van der Waals surface area contributed by atoms with Crippen molar-refractivity contribution in [2.75, 3.05) is 13.1 Å². The van der Waals surface area contributed by atoms with Crippen LogP contribution in [0, 0.1) is 5.92 Å². The standard InChI is InChI=1S/C22H31Cl2N3O3S/c1-6-17(4)27(31(29,30)21-12-18(23)9-10-20(21)24)15-22(28)26(13-16(2)3)14-19-8-7-11-25(19)5/h7-12,16-17H,6,13-15H2,1-5H3. The lowest BCUT2D eigenvalue weighted by Gasteiger charge is -2.31. The normalized spacial score (nSPS) is 13.1. The van der Waals surface area contributed by atoms with Crippen LogP contribution in [0.4, 0.5) is 0 Å². The van der Waals surface area contributed by atoms with Crippen molar-refractivity contribution in [3.63, 3.8) is 0 Å². The number of hydrogen-bond donors (Lipinski definition) is 0. The van der Waals surface area contributed by atoms with Gasteiger partial charge in [0.2, 0.25) is 15.9 Å². The second-order valence-electron chi connectivity index (χ2n) is 8.16. The van der Waals surface area contributed by atoms with Gasteiger partial charge in [0.25, 0.3) is 0 Å². The fourth-order valence-corrected chi connectivity index (χ4v) is 5.66. The second kappa shape index (κ2) is 10.9. The van der Waals surface area contributed by atoms with E-state index in [2.05, 4.69) is 0 Å². The zero-order chi connectivity index (χ0) is 23.3. The van der Waals surface area contributed by atoms with Crippen molar-refractivity contribution in [1.82, 2.24) is 13.8 Å². The van der Waals surface area contributed by atoms with Crippen LogP contribution in [0.5, 0.6) is 0 Å². The third-order valence-corrected chi connectivity index (χ3v) is 7.87. The molecule has 1 amide bonds. The van der Waals surface area contributed by atoms with E-state index < -0.39 is 10.0 Å². The Balaban J connectivity index is 2.38. The van der Waals surface area contributed by atoms with Gasteiger partial charge < -0.3 is 9.47 Å². The predicted octanol–water partition coefficient (Wildman–Crippen LogP) is 4.81. The van der Waals surface area contributed by atoms with Crippen LogP contribution in [0.25, 0.3) is 0 Å². The molecule has 2 rings (SSSR count). The maximum absolute atomic E-state index is 13.5. The van der Waals surface area contributed by atoms with E-state index >= 15 is 0 Å². The number of rotatable bonds is 10. The summed E-state index contributed by atoms with van der Waals surface area (Å²) < 4.78 is 30.1. The first-order valence-electron chi connectivity index (χ1n) is 10.3. The minimum Gasteiger partial charge on any atom is -0.353 e. The van der Waals surface area contributed by atoms with Gasteiger partial charge in [0.05, 0.1) is 18.1 Å². The number of aryl methyl sites for hydroxylation is 1. The van der Waals surface area contributed by atoms with Gasteiger partial charge in [-0.3, -0.25) is 4.79 Å². The molecule has 1 heterocycles. The Hall–Kier alpha value is -1.54.